The molecule has 0 aliphatic rings. The molecule has 0 radical (unpaired) electrons. The van der Waals surface area contributed by atoms with Gasteiger partial charge in [0.1, 0.15) is 11.3 Å². The van der Waals surface area contributed by atoms with Crippen LogP contribution >= 0.6 is 23.2 Å². The van der Waals surface area contributed by atoms with E-state index in [4.69, 9.17) is 28.9 Å². The lowest BCUT2D eigenvalue weighted by Crippen LogP contribution is -2.11. The minimum absolute atomic E-state index is 0.0317. The van der Waals surface area contributed by atoms with Crippen molar-refractivity contribution in [3.05, 3.63) is 51.4 Å². The third-order valence-electron chi connectivity index (χ3n) is 3.45. The zero-order chi connectivity index (χ0) is 17.6. The van der Waals surface area contributed by atoms with Crippen LogP contribution in [0.15, 0.2) is 24.4 Å². The van der Waals surface area contributed by atoms with Gasteiger partial charge in [0, 0.05) is 16.8 Å². The lowest BCUT2D eigenvalue weighted by Gasteiger charge is -2.13. The first-order valence-corrected chi connectivity index (χ1v) is 7.43. The van der Waals surface area contributed by atoms with E-state index in [1.807, 2.05) is 0 Å². The molecule has 0 fully saturated rings. The summed E-state index contributed by atoms with van der Waals surface area (Å²) in [4.78, 5) is 31.3. The Morgan fingerprint density at radius 2 is 1.96 bits per heavy atom. The van der Waals surface area contributed by atoms with Crippen molar-refractivity contribution < 1.29 is 14.7 Å². The number of fused-ring (bicyclic) bond motifs is 1. The molecule has 7 nitrogen and oxygen atoms in total. The fourth-order valence-electron chi connectivity index (χ4n) is 2.43. The minimum Gasteiger partial charge on any atom is -0.478 e. The molecule has 2 aromatic heterocycles. The van der Waals surface area contributed by atoms with Crippen LogP contribution in [0.2, 0.25) is 10.0 Å². The summed E-state index contributed by atoms with van der Waals surface area (Å²) in [6.45, 7) is 1.54. The summed E-state index contributed by atoms with van der Waals surface area (Å²) in [6.07, 6.45) is 1.33. The van der Waals surface area contributed by atoms with E-state index in [-0.39, 0.29) is 33.4 Å². The molecule has 3 aromatic rings. The maximum absolute atomic E-state index is 11.7. The number of carboxylic acid groups (broad SMARTS) is 1. The Hall–Kier alpha value is -2.64. The van der Waals surface area contributed by atoms with Crippen molar-refractivity contribution in [2.24, 2.45) is 5.73 Å². The van der Waals surface area contributed by atoms with E-state index in [1.165, 1.54) is 23.6 Å². The van der Waals surface area contributed by atoms with E-state index in [0.29, 0.717) is 10.6 Å². The van der Waals surface area contributed by atoms with E-state index in [0.717, 1.165) is 0 Å². The number of nitrogens with zero attached hydrogens (tertiary/aromatic N) is 3. The Bertz CT molecular complexity index is 1010. The Morgan fingerprint density at radius 3 is 2.54 bits per heavy atom. The first-order valence-electron chi connectivity index (χ1n) is 6.68. The number of aryl methyl sites for hydroxylation is 1. The van der Waals surface area contributed by atoms with Crippen molar-refractivity contribution in [1.29, 1.82) is 0 Å². The van der Waals surface area contributed by atoms with Crippen molar-refractivity contribution in [2.75, 3.05) is 0 Å². The molecule has 1 amide bonds. The summed E-state index contributed by atoms with van der Waals surface area (Å²) in [6, 6.07) is 4.68. The molecule has 0 bridgehead atoms. The molecular weight excluding hydrogens is 355 g/mol. The fraction of sp³-hybridized carbons (Fsp3) is 0.0667. The molecule has 0 aliphatic carbocycles. The second-order valence-corrected chi connectivity index (χ2v) is 5.85. The topological polar surface area (TPSA) is 111 Å². The van der Waals surface area contributed by atoms with Crippen LogP contribution in [-0.2, 0) is 0 Å². The second-order valence-electron chi connectivity index (χ2n) is 5.01. The fourth-order valence-corrected chi connectivity index (χ4v) is 2.93. The van der Waals surface area contributed by atoms with Gasteiger partial charge in [0.2, 0.25) is 5.78 Å². The van der Waals surface area contributed by atoms with Crippen LogP contribution in [0.1, 0.15) is 26.5 Å². The van der Waals surface area contributed by atoms with Crippen molar-refractivity contribution in [2.45, 2.75) is 6.92 Å². The number of primary amides is 1. The molecule has 0 unspecified atom stereocenters. The first kappa shape index (κ1) is 16.2. The van der Waals surface area contributed by atoms with Crippen LogP contribution < -0.4 is 5.73 Å². The Morgan fingerprint density at radius 1 is 1.25 bits per heavy atom. The standard InChI is InChI=1S/C15H10Cl2N4O3/c1-6-11(14(23)24)12(8-3-2-7(16)4-9(8)17)21-5-10(13(18)22)20-15(21)19-6/h2-5H,1H3,(H2,18,22)(H,23,24). The number of carbonyl (C=O) groups excluding carboxylic acids is 1. The summed E-state index contributed by atoms with van der Waals surface area (Å²) < 4.78 is 1.38. The number of nitrogens with two attached hydrogens (primary N) is 1. The molecule has 24 heavy (non-hydrogen) atoms. The van der Waals surface area contributed by atoms with Gasteiger partial charge in [-0.25, -0.2) is 14.8 Å². The number of carbonyl (C=O) groups is 2. The Labute approximate surface area is 145 Å². The van der Waals surface area contributed by atoms with E-state index in [9.17, 15) is 14.7 Å². The lowest BCUT2D eigenvalue weighted by molar-refractivity contribution is 0.0695. The van der Waals surface area contributed by atoms with Gasteiger partial charge in [0.15, 0.2) is 0 Å². The molecule has 9 heteroatoms. The lowest BCUT2D eigenvalue weighted by atomic mass is 10.0. The first-order chi connectivity index (χ1) is 11.3. The molecule has 122 valence electrons. The molecule has 3 rings (SSSR count). The highest BCUT2D eigenvalue weighted by molar-refractivity contribution is 6.36. The largest absolute Gasteiger partial charge is 0.478 e. The molecule has 0 atom stereocenters. The monoisotopic (exact) mass is 364 g/mol. The van der Waals surface area contributed by atoms with Crippen molar-refractivity contribution in [1.82, 2.24) is 14.4 Å². The van der Waals surface area contributed by atoms with Crippen LogP contribution in [0.5, 0.6) is 0 Å². The van der Waals surface area contributed by atoms with E-state index >= 15 is 0 Å². The number of aromatic carboxylic acids is 1. The number of hydrogen-bond donors (Lipinski definition) is 2. The van der Waals surface area contributed by atoms with Gasteiger partial charge in [-0.2, -0.15) is 0 Å². The molecule has 0 saturated carbocycles. The number of aromatic nitrogens is 3. The number of rotatable bonds is 3. The molecule has 2 heterocycles. The maximum Gasteiger partial charge on any atom is 0.339 e. The molecule has 0 spiro atoms. The second kappa shape index (κ2) is 5.77. The molecule has 1 aromatic carbocycles. The third-order valence-corrected chi connectivity index (χ3v) is 3.99. The van der Waals surface area contributed by atoms with Gasteiger partial charge in [-0.15, -0.1) is 0 Å². The quantitative estimate of drug-likeness (QED) is 0.742. The Kier molecular flexibility index (Phi) is 3.90. The van der Waals surface area contributed by atoms with Crippen LogP contribution in [0.3, 0.4) is 0 Å². The highest BCUT2D eigenvalue weighted by Crippen LogP contribution is 2.34. The molecule has 3 N–H and O–H groups in total. The van der Waals surface area contributed by atoms with Crippen molar-refractivity contribution in [3.8, 4) is 11.3 Å². The zero-order valence-electron chi connectivity index (χ0n) is 12.2. The Balaban J connectivity index is 2.48. The van der Waals surface area contributed by atoms with Gasteiger partial charge >= 0.3 is 5.97 Å². The SMILES string of the molecule is Cc1nc2nc(C(N)=O)cn2c(-c2ccc(Cl)cc2Cl)c1C(=O)O. The normalized spacial score (nSPS) is 11.0. The van der Waals surface area contributed by atoms with Gasteiger partial charge < -0.3 is 10.8 Å². The van der Waals surface area contributed by atoms with Crippen LogP contribution in [0.25, 0.3) is 17.0 Å². The predicted octanol–water partition coefficient (Wildman–Crippen LogP) is 2.81. The number of amides is 1. The molecular formula is C15H10Cl2N4O3. The average molecular weight is 365 g/mol. The summed E-state index contributed by atoms with van der Waals surface area (Å²) in [5.41, 5.74) is 6.06. The minimum atomic E-state index is -1.18. The van der Waals surface area contributed by atoms with Crippen LogP contribution in [-0.4, -0.2) is 31.4 Å². The maximum atomic E-state index is 11.7. The average Bonchev–Trinajstić information content (AvgIpc) is 2.89. The predicted molar refractivity (Wildman–Crippen MR) is 88.7 cm³/mol. The van der Waals surface area contributed by atoms with Gasteiger partial charge in [-0.3, -0.25) is 9.20 Å². The number of imidazole rings is 1. The van der Waals surface area contributed by atoms with Crippen molar-refractivity contribution >= 4 is 40.9 Å². The molecule has 0 aliphatic heterocycles. The summed E-state index contributed by atoms with van der Waals surface area (Å²) in [7, 11) is 0. The summed E-state index contributed by atoms with van der Waals surface area (Å²) in [5.74, 6) is -1.78. The number of carboxylic acids is 1. The smallest absolute Gasteiger partial charge is 0.339 e. The number of hydrogen-bond acceptors (Lipinski definition) is 4. The number of benzene rings is 1. The van der Waals surface area contributed by atoms with Gasteiger partial charge in [-0.05, 0) is 25.1 Å². The highest BCUT2D eigenvalue weighted by atomic mass is 35.5. The van der Waals surface area contributed by atoms with Crippen LogP contribution in [0.4, 0.5) is 0 Å². The van der Waals surface area contributed by atoms with Crippen LogP contribution in [0, 0.1) is 6.92 Å². The number of halogens is 2. The van der Waals surface area contributed by atoms with E-state index in [1.54, 1.807) is 12.1 Å². The van der Waals surface area contributed by atoms with E-state index in [2.05, 4.69) is 9.97 Å². The summed E-state index contributed by atoms with van der Waals surface area (Å²) in [5, 5.41) is 10.3. The zero-order valence-corrected chi connectivity index (χ0v) is 13.8. The van der Waals surface area contributed by atoms with E-state index < -0.39 is 11.9 Å². The summed E-state index contributed by atoms with van der Waals surface area (Å²) >= 11 is 12.1. The third kappa shape index (κ3) is 2.57. The van der Waals surface area contributed by atoms with Gasteiger partial charge in [-0.1, -0.05) is 23.2 Å². The van der Waals surface area contributed by atoms with Crippen molar-refractivity contribution in [3.63, 3.8) is 0 Å². The van der Waals surface area contributed by atoms with Gasteiger partial charge in [0.25, 0.3) is 5.91 Å². The molecule has 0 saturated heterocycles. The highest BCUT2D eigenvalue weighted by Gasteiger charge is 2.23. The van der Waals surface area contributed by atoms with Gasteiger partial charge in [0.05, 0.1) is 16.4 Å².